The van der Waals surface area contributed by atoms with Gasteiger partial charge in [0, 0.05) is 20.0 Å². The van der Waals surface area contributed by atoms with E-state index >= 15 is 0 Å². The molecule has 14 nitrogen and oxygen atoms in total. The molecule has 3 aromatic rings. The SMILES string of the molecule is CC(=O)N(CCC[C@@H]1NC(=O)[C@H](CCCN(OCc2ccccc2)C(=O)[C@H](COCc2ccccc2)NC(=O)OC(C)(C)C)NC1=O)OCc1ccccc1. The van der Waals surface area contributed by atoms with Gasteiger partial charge in [0.2, 0.25) is 17.7 Å². The zero-order chi connectivity index (χ0) is 39.6. The number of hydroxylamine groups is 4. The predicted molar refractivity (Wildman–Crippen MR) is 203 cm³/mol. The van der Waals surface area contributed by atoms with Crippen LogP contribution >= 0.6 is 0 Å². The molecular formula is C41H53N5O9. The largest absolute Gasteiger partial charge is 0.444 e. The fraction of sp³-hybridized carbons (Fsp3) is 0.439. The summed E-state index contributed by atoms with van der Waals surface area (Å²) in [5.74, 6) is -1.52. The summed E-state index contributed by atoms with van der Waals surface area (Å²) in [6, 6.07) is 25.4. The molecule has 3 N–H and O–H groups in total. The Kier molecular flexibility index (Phi) is 16.6. The van der Waals surface area contributed by atoms with Crippen LogP contribution in [-0.2, 0) is 58.1 Å². The van der Waals surface area contributed by atoms with Crippen LogP contribution in [0.15, 0.2) is 91.0 Å². The van der Waals surface area contributed by atoms with Crippen molar-refractivity contribution in [3.63, 3.8) is 0 Å². The van der Waals surface area contributed by atoms with Gasteiger partial charge >= 0.3 is 6.09 Å². The van der Waals surface area contributed by atoms with Gasteiger partial charge in [-0.25, -0.2) is 14.9 Å². The summed E-state index contributed by atoms with van der Waals surface area (Å²) in [6.45, 7) is 7.20. The number of piperazine rings is 1. The van der Waals surface area contributed by atoms with Gasteiger partial charge in [0.25, 0.3) is 5.91 Å². The van der Waals surface area contributed by atoms with E-state index in [2.05, 4.69) is 16.0 Å². The molecule has 3 atom stereocenters. The average Bonchev–Trinajstić information content (AvgIpc) is 3.15. The smallest absolute Gasteiger partial charge is 0.408 e. The molecule has 1 heterocycles. The Morgan fingerprint density at radius 2 is 1.13 bits per heavy atom. The number of nitrogens with one attached hydrogen (secondary N) is 3. The number of benzene rings is 3. The van der Waals surface area contributed by atoms with Crippen LogP contribution in [0, 0.1) is 0 Å². The molecule has 0 radical (unpaired) electrons. The molecule has 3 aromatic carbocycles. The van der Waals surface area contributed by atoms with Gasteiger partial charge in [0.1, 0.15) is 36.9 Å². The highest BCUT2D eigenvalue weighted by atomic mass is 16.7. The Morgan fingerprint density at radius 1 is 0.691 bits per heavy atom. The van der Waals surface area contributed by atoms with Crippen molar-refractivity contribution in [2.45, 2.75) is 96.9 Å². The van der Waals surface area contributed by atoms with Crippen LogP contribution in [0.1, 0.15) is 70.1 Å². The van der Waals surface area contributed by atoms with E-state index in [-0.39, 0.29) is 70.1 Å². The standard InChI is InChI=1S/C41H53N5O9/c1-30(47)45(53-27-32-18-10-6-11-19-32)24-14-22-34-37(48)43-35(38(49)42-34)23-15-25-46(54-28-33-20-12-7-13-21-33)39(50)36(44-40(51)55-41(2,3)4)29-52-26-31-16-8-5-9-17-31/h5-13,16-21,34-36H,14-15,22-29H2,1-4H3,(H,42,49)(H,43,48)(H,44,51)/t34-,35-,36-/m0/s1. The van der Waals surface area contributed by atoms with Crippen molar-refractivity contribution in [3.8, 4) is 0 Å². The van der Waals surface area contributed by atoms with Gasteiger partial charge in [-0.15, -0.1) is 0 Å². The first kappa shape index (κ1) is 42.4. The monoisotopic (exact) mass is 759 g/mol. The summed E-state index contributed by atoms with van der Waals surface area (Å²) in [4.78, 5) is 76.8. The minimum Gasteiger partial charge on any atom is -0.444 e. The highest BCUT2D eigenvalue weighted by molar-refractivity contribution is 5.96. The van der Waals surface area contributed by atoms with E-state index in [0.717, 1.165) is 21.8 Å². The van der Waals surface area contributed by atoms with E-state index in [9.17, 15) is 24.0 Å². The lowest BCUT2D eigenvalue weighted by molar-refractivity contribution is -0.195. The zero-order valence-corrected chi connectivity index (χ0v) is 32.0. The minimum atomic E-state index is -1.16. The molecule has 55 heavy (non-hydrogen) atoms. The summed E-state index contributed by atoms with van der Waals surface area (Å²) >= 11 is 0. The number of nitrogens with zero attached hydrogens (tertiary/aromatic N) is 2. The molecule has 0 spiro atoms. The summed E-state index contributed by atoms with van der Waals surface area (Å²) in [5, 5.41) is 10.6. The molecule has 5 amide bonds. The number of carbonyl (C=O) groups is 5. The van der Waals surface area contributed by atoms with Crippen LogP contribution in [0.3, 0.4) is 0 Å². The summed E-state index contributed by atoms with van der Waals surface area (Å²) < 4.78 is 11.3. The van der Waals surface area contributed by atoms with Crippen LogP contribution in [0.25, 0.3) is 0 Å². The molecule has 1 aliphatic heterocycles. The maximum Gasteiger partial charge on any atom is 0.408 e. The number of hydrogen-bond acceptors (Lipinski definition) is 9. The third-order valence-corrected chi connectivity index (χ3v) is 8.42. The molecule has 1 fully saturated rings. The molecule has 296 valence electrons. The van der Waals surface area contributed by atoms with Crippen LogP contribution in [0.2, 0.25) is 0 Å². The van der Waals surface area contributed by atoms with Crippen molar-refractivity contribution in [2.24, 2.45) is 0 Å². The van der Waals surface area contributed by atoms with E-state index in [0.29, 0.717) is 12.8 Å². The van der Waals surface area contributed by atoms with Crippen LogP contribution in [0.4, 0.5) is 4.79 Å². The highest BCUT2D eigenvalue weighted by Crippen LogP contribution is 2.14. The molecule has 0 bridgehead atoms. The van der Waals surface area contributed by atoms with Crippen LogP contribution < -0.4 is 16.0 Å². The zero-order valence-electron chi connectivity index (χ0n) is 32.0. The van der Waals surface area contributed by atoms with Gasteiger partial charge in [-0.2, -0.15) is 0 Å². The Bertz CT molecular complexity index is 1670. The quantitative estimate of drug-likeness (QED) is 0.140. The first-order valence-electron chi connectivity index (χ1n) is 18.5. The van der Waals surface area contributed by atoms with Gasteiger partial charge < -0.3 is 25.4 Å². The van der Waals surface area contributed by atoms with Crippen molar-refractivity contribution in [3.05, 3.63) is 108 Å². The number of amides is 5. The van der Waals surface area contributed by atoms with Crippen molar-refractivity contribution < 1.29 is 43.1 Å². The second kappa shape index (κ2) is 21.5. The van der Waals surface area contributed by atoms with E-state index in [4.69, 9.17) is 19.1 Å². The second-order valence-corrected chi connectivity index (χ2v) is 14.2. The third kappa shape index (κ3) is 15.2. The van der Waals surface area contributed by atoms with Crippen LogP contribution in [-0.4, -0.2) is 83.3 Å². The molecule has 0 unspecified atom stereocenters. The first-order valence-corrected chi connectivity index (χ1v) is 18.5. The summed E-state index contributed by atoms with van der Waals surface area (Å²) in [7, 11) is 0. The van der Waals surface area contributed by atoms with Gasteiger partial charge in [-0.05, 0) is 63.1 Å². The van der Waals surface area contributed by atoms with Gasteiger partial charge in [-0.3, -0.25) is 28.9 Å². The van der Waals surface area contributed by atoms with E-state index in [1.54, 1.807) is 20.8 Å². The Labute approximate surface area is 322 Å². The van der Waals surface area contributed by atoms with Gasteiger partial charge in [0.05, 0.1) is 13.2 Å². The molecular weight excluding hydrogens is 706 g/mol. The lowest BCUT2D eigenvalue weighted by Crippen LogP contribution is -2.61. The normalized spacial score (nSPS) is 16.0. The number of hydrogen-bond donors (Lipinski definition) is 3. The van der Waals surface area contributed by atoms with Crippen molar-refractivity contribution >= 4 is 29.7 Å². The first-order chi connectivity index (χ1) is 26.4. The molecule has 14 heteroatoms. The lowest BCUT2D eigenvalue weighted by atomic mass is 10.0. The number of alkyl carbamates (subject to hydrolysis) is 1. The average molecular weight is 760 g/mol. The van der Waals surface area contributed by atoms with Crippen molar-refractivity contribution in [1.29, 1.82) is 0 Å². The predicted octanol–water partition coefficient (Wildman–Crippen LogP) is 4.58. The van der Waals surface area contributed by atoms with Gasteiger partial charge in [0.15, 0.2) is 0 Å². The summed E-state index contributed by atoms with van der Waals surface area (Å²) in [6.07, 6.45) is 0.419. The van der Waals surface area contributed by atoms with Crippen molar-refractivity contribution in [1.82, 2.24) is 26.1 Å². The molecule has 0 aromatic heterocycles. The fourth-order valence-corrected chi connectivity index (χ4v) is 5.63. The maximum atomic E-state index is 14.0. The van der Waals surface area contributed by atoms with E-state index in [1.165, 1.54) is 12.0 Å². The molecule has 4 rings (SSSR count). The molecule has 1 saturated heterocycles. The highest BCUT2D eigenvalue weighted by Gasteiger charge is 2.34. The van der Waals surface area contributed by atoms with Gasteiger partial charge in [-0.1, -0.05) is 91.0 Å². The number of carbonyl (C=O) groups excluding carboxylic acids is 5. The van der Waals surface area contributed by atoms with E-state index in [1.807, 2.05) is 91.0 Å². The molecule has 0 aliphatic carbocycles. The van der Waals surface area contributed by atoms with E-state index < -0.39 is 35.7 Å². The topological polar surface area (TPSA) is 165 Å². The van der Waals surface area contributed by atoms with Crippen LogP contribution in [0.5, 0.6) is 0 Å². The minimum absolute atomic E-state index is 0.0454. The number of rotatable bonds is 20. The van der Waals surface area contributed by atoms with Crippen molar-refractivity contribution in [2.75, 3.05) is 19.7 Å². The Morgan fingerprint density at radius 3 is 1.58 bits per heavy atom. The lowest BCUT2D eigenvalue weighted by Gasteiger charge is -2.31. The summed E-state index contributed by atoms with van der Waals surface area (Å²) in [5.41, 5.74) is 1.82. The number of ether oxygens (including phenoxy) is 2. The maximum absolute atomic E-state index is 14.0. The fourth-order valence-electron chi connectivity index (χ4n) is 5.63. The third-order valence-electron chi connectivity index (χ3n) is 8.42. The molecule has 1 aliphatic rings. The Hall–Kier alpha value is -5.31. The molecule has 0 saturated carbocycles. The Balaban J connectivity index is 1.33. The second-order valence-electron chi connectivity index (χ2n) is 14.2.